The van der Waals surface area contributed by atoms with Crippen molar-refractivity contribution in [3.05, 3.63) is 106 Å². The Balaban J connectivity index is 0. The molecule has 38 heavy (non-hydrogen) atoms. The number of carbonyl (C=O) groups excluding carboxylic acids is 6. The van der Waals surface area contributed by atoms with Gasteiger partial charge in [-0.15, -0.1) is 0 Å². The summed E-state index contributed by atoms with van der Waals surface area (Å²) in [6.07, 6.45) is 0. The molecule has 0 saturated carbocycles. The van der Waals surface area contributed by atoms with Crippen molar-refractivity contribution in [1.82, 2.24) is 0 Å². The zero-order chi connectivity index (χ0) is 27.4. The molecule has 0 bridgehead atoms. The van der Waals surface area contributed by atoms with Crippen LogP contribution in [0.15, 0.2) is 72.8 Å². The maximum Gasteiger partial charge on any atom is 4.00 e. The minimum absolute atomic E-state index is 0. The van der Waals surface area contributed by atoms with E-state index in [9.17, 15) is 59.4 Å². The number of carbonyl (C=O) groups is 6. The van der Waals surface area contributed by atoms with Gasteiger partial charge in [-0.3, -0.25) is 0 Å². The Kier molecular flexibility index (Phi) is 17.4. The van der Waals surface area contributed by atoms with Crippen LogP contribution in [0.4, 0.5) is 0 Å². The van der Waals surface area contributed by atoms with Gasteiger partial charge in [0.05, 0.1) is 35.8 Å². The van der Waals surface area contributed by atoms with Crippen LogP contribution in [0, 0.1) is 0 Å². The first-order valence-electron chi connectivity index (χ1n) is 9.43. The van der Waals surface area contributed by atoms with Crippen molar-refractivity contribution < 1.29 is 85.6 Å². The van der Waals surface area contributed by atoms with Crippen LogP contribution in [0.3, 0.4) is 0 Å². The van der Waals surface area contributed by atoms with Gasteiger partial charge in [-0.1, -0.05) is 72.8 Å². The molecule has 0 saturated heterocycles. The molecule has 3 aromatic carbocycles. The molecule has 186 valence electrons. The van der Waals surface area contributed by atoms with Crippen molar-refractivity contribution >= 4 is 73.6 Å². The monoisotopic (exact) mass is 622 g/mol. The second-order valence-electron chi connectivity index (χ2n) is 6.36. The van der Waals surface area contributed by atoms with Gasteiger partial charge in [-0.2, -0.15) is 0 Å². The summed E-state index contributed by atoms with van der Waals surface area (Å²) >= 11 is 0. The van der Waals surface area contributed by atoms with Gasteiger partial charge in [0.15, 0.2) is 0 Å². The van der Waals surface area contributed by atoms with E-state index in [1.54, 1.807) is 0 Å². The number of benzene rings is 3. The Morgan fingerprint density at radius 3 is 0.526 bits per heavy atom. The summed E-state index contributed by atoms with van der Waals surface area (Å²) in [6, 6.07) is 15.4. The summed E-state index contributed by atoms with van der Waals surface area (Å²) in [5.74, 6) is -9.11. The Bertz CT molecular complexity index is 1060. The molecule has 0 unspecified atom stereocenters. The fraction of sp³-hybridized carbons (Fsp3) is 0. The third-order valence-electron chi connectivity index (χ3n) is 4.10. The van der Waals surface area contributed by atoms with Crippen LogP contribution >= 0.6 is 0 Å². The van der Waals surface area contributed by atoms with E-state index in [2.05, 4.69) is 0 Å². The first kappa shape index (κ1) is 36.8. The Morgan fingerprint density at radius 1 is 0.342 bits per heavy atom. The standard InChI is InChI=1S/3C8H6O4.Ca.Zr/c3*9-7(10)5-3-1-2-4-6(5)8(11)12;;/h3*1-4H,(H,9,10)(H,11,12);;/q;;;+2;+4/p-6. The van der Waals surface area contributed by atoms with Gasteiger partial charge in [0, 0.05) is 33.4 Å². The zero-order valence-corrected chi connectivity index (χ0v) is 23.7. The molecule has 14 heteroatoms. The van der Waals surface area contributed by atoms with E-state index in [1.165, 1.54) is 36.4 Å². The Morgan fingerprint density at radius 2 is 0.447 bits per heavy atom. The first-order chi connectivity index (χ1) is 16.9. The molecule has 0 amide bonds. The fourth-order valence-electron chi connectivity index (χ4n) is 2.52. The largest absolute Gasteiger partial charge is 4.00 e. The predicted molar refractivity (Wildman–Crippen MR) is 111 cm³/mol. The van der Waals surface area contributed by atoms with Crippen molar-refractivity contribution in [2.75, 3.05) is 0 Å². The third kappa shape index (κ3) is 11.3. The Labute approximate surface area is 263 Å². The van der Waals surface area contributed by atoms with Crippen molar-refractivity contribution in [2.24, 2.45) is 0 Å². The molecular formula is C24H12CaO12Zr. The van der Waals surface area contributed by atoms with Crippen molar-refractivity contribution in [3.8, 4) is 0 Å². The van der Waals surface area contributed by atoms with Gasteiger partial charge in [-0.25, -0.2) is 0 Å². The number of rotatable bonds is 6. The van der Waals surface area contributed by atoms with Crippen LogP contribution in [0.2, 0.25) is 0 Å². The van der Waals surface area contributed by atoms with E-state index < -0.39 is 35.8 Å². The average Bonchev–Trinajstić information content (AvgIpc) is 2.84. The second kappa shape index (κ2) is 18.0. The topological polar surface area (TPSA) is 241 Å². The molecule has 0 fully saturated rings. The van der Waals surface area contributed by atoms with Gasteiger partial charge in [0.2, 0.25) is 0 Å². The van der Waals surface area contributed by atoms with Gasteiger partial charge in [0.25, 0.3) is 0 Å². The maximum absolute atomic E-state index is 10.3. The smallest absolute Gasteiger partial charge is 0.545 e. The summed E-state index contributed by atoms with van der Waals surface area (Å²) < 4.78 is 0. The molecular weight excluding hydrogens is 612 g/mol. The number of hydrogen-bond acceptors (Lipinski definition) is 12. The fourth-order valence-corrected chi connectivity index (χ4v) is 2.52. The van der Waals surface area contributed by atoms with Crippen molar-refractivity contribution in [1.29, 1.82) is 0 Å². The molecule has 3 aromatic rings. The van der Waals surface area contributed by atoms with E-state index >= 15 is 0 Å². The van der Waals surface area contributed by atoms with Gasteiger partial charge < -0.3 is 59.4 Å². The van der Waals surface area contributed by atoms with E-state index in [4.69, 9.17) is 0 Å². The third-order valence-corrected chi connectivity index (χ3v) is 4.10. The molecule has 0 radical (unpaired) electrons. The predicted octanol–water partition coefficient (Wildman–Crippen LogP) is -5.14. The van der Waals surface area contributed by atoms with Crippen LogP contribution in [0.5, 0.6) is 0 Å². The van der Waals surface area contributed by atoms with Gasteiger partial charge in [-0.05, 0) is 0 Å². The van der Waals surface area contributed by atoms with E-state index in [1.807, 2.05) is 0 Å². The molecule has 12 nitrogen and oxygen atoms in total. The average molecular weight is 624 g/mol. The molecule has 0 aliphatic rings. The molecule has 0 aliphatic heterocycles. The van der Waals surface area contributed by atoms with E-state index in [0.717, 1.165) is 36.4 Å². The Hall–Kier alpha value is -3.38. The normalized spacial score (nSPS) is 8.84. The van der Waals surface area contributed by atoms with Gasteiger partial charge >= 0.3 is 63.9 Å². The van der Waals surface area contributed by atoms with Crippen LogP contribution < -0.4 is 30.6 Å². The van der Waals surface area contributed by atoms with E-state index in [-0.39, 0.29) is 97.3 Å². The van der Waals surface area contributed by atoms with Crippen LogP contribution in [0.25, 0.3) is 0 Å². The number of hydrogen-bond donors (Lipinski definition) is 0. The molecule has 0 aliphatic carbocycles. The SMILES string of the molecule is O=C([O-])c1ccccc1C(=O)[O-].O=C([O-])c1ccccc1C(=O)[O-].O=C([O-])c1ccccc1C(=O)[O-].[Ca+2].[Zr+4]. The maximum atomic E-state index is 10.3. The van der Waals surface area contributed by atoms with Crippen LogP contribution in [-0.2, 0) is 26.2 Å². The number of aromatic carboxylic acids is 6. The van der Waals surface area contributed by atoms with Gasteiger partial charge in [0.1, 0.15) is 0 Å². The van der Waals surface area contributed by atoms with E-state index in [0.29, 0.717) is 0 Å². The van der Waals surface area contributed by atoms with Crippen molar-refractivity contribution in [2.45, 2.75) is 0 Å². The summed E-state index contributed by atoms with van der Waals surface area (Å²) in [4.78, 5) is 61.9. The molecule has 0 spiro atoms. The minimum Gasteiger partial charge on any atom is -0.545 e. The molecule has 0 aromatic heterocycles. The minimum atomic E-state index is -1.52. The van der Waals surface area contributed by atoms with Crippen LogP contribution in [-0.4, -0.2) is 73.6 Å². The molecule has 0 heterocycles. The molecule has 3 rings (SSSR count). The molecule has 0 atom stereocenters. The quantitative estimate of drug-likeness (QED) is 0.234. The van der Waals surface area contributed by atoms with Crippen molar-refractivity contribution in [3.63, 3.8) is 0 Å². The first-order valence-corrected chi connectivity index (χ1v) is 9.43. The zero-order valence-electron chi connectivity index (χ0n) is 19.0. The number of carboxylic acids is 6. The van der Waals surface area contributed by atoms with Crippen LogP contribution in [0.1, 0.15) is 62.1 Å². The summed E-state index contributed by atoms with van der Waals surface area (Å²) in [7, 11) is 0. The summed E-state index contributed by atoms with van der Waals surface area (Å²) in [5.41, 5.74) is -2.18. The summed E-state index contributed by atoms with van der Waals surface area (Å²) in [5, 5.41) is 61.9. The second-order valence-corrected chi connectivity index (χ2v) is 6.36. The number of carboxylic acid groups (broad SMARTS) is 6. The summed E-state index contributed by atoms with van der Waals surface area (Å²) in [6.45, 7) is 0. The molecule has 0 N–H and O–H groups in total.